The van der Waals surface area contributed by atoms with Gasteiger partial charge in [-0.05, 0) is 5.53 Å². The lowest BCUT2D eigenvalue weighted by Crippen LogP contribution is -2.14. The quantitative estimate of drug-likeness (QED) is 0.115. The molecule has 0 fully saturated rings. The van der Waals surface area contributed by atoms with Crippen molar-refractivity contribution in [2.75, 3.05) is 40.6 Å². The van der Waals surface area contributed by atoms with Crippen molar-refractivity contribution < 1.29 is 33.5 Å². The van der Waals surface area contributed by atoms with Gasteiger partial charge in [-0.2, -0.15) is 0 Å². The van der Waals surface area contributed by atoms with Gasteiger partial charge >= 0.3 is 17.6 Å². The normalized spacial score (nSPS) is 9.77. The molecule has 26 heavy (non-hydrogen) atoms. The molecule has 140 valence electrons. The van der Waals surface area contributed by atoms with E-state index < -0.39 is 22.5 Å². The molecule has 12 heteroatoms. The zero-order chi connectivity index (χ0) is 19.5. The van der Waals surface area contributed by atoms with Crippen LogP contribution in [0.3, 0.4) is 0 Å². The van der Waals surface area contributed by atoms with Gasteiger partial charge in [0, 0.05) is 23.6 Å². The summed E-state index contributed by atoms with van der Waals surface area (Å²) in [6, 6.07) is 1.92. The Morgan fingerprint density at radius 3 is 2.31 bits per heavy atom. The molecule has 0 amide bonds. The molecule has 0 bridgehead atoms. The van der Waals surface area contributed by atoms with E-state index in [2.05, 4.69) is 19.5 Å². The summed E-state index contributed by atoms with van der Waals surface area (Å²) in [6.45, 7) is 0.279. The zero-order valence-corrected chi connectivity index (χ0v) is 14.0. The minimum Gasteiger partial charge on any atom is -0.484 e. The lowest BCUT2D eigenvalue weighted by molar-refractivity contribution is -0.385. The summed E-state index contributed by atoms with van der Waals surface area (Å²) in [7, 11) is 2.18. The molecule has 0 N–H and O–H groups in total. The monoisotopic (exact) mass is 368 g/mol. The zero-order valence-electron chi connectivity index (χ0n) is 14.0. The molecular formula is C14H16N4O8. The van der Waals surface area contributed by atoms with E-state index in [0.29, 0.717) is 0 Å². The van der Waals surface area contributed by atoms with Gasteiger partial charge in [0.25, 0.3) is 0 Å². The van der Waals surface area contributed by atoms with E-state index in [9.17, 15) is 19.7 Å². The number of hydrogen-bond donors (Lipinski definition) is 0. The molecule has 0 unspecified atom stereocenters. The van der Waals surface area contributed by atoms with Crippen LogP contribution in [0.25, 0.3) is 10.4 Å². The first kappa shape index (κ1) is 20.7. The Hall–Kier alpha value is -3.37. The Kier molecular flexibility index (Phi) is 8.34. The number of nitrogens with zero attached hydrogens (tertiary/aromatic N) is 4. The molecule has 1 aromatic rings. The summed E-state index contributed by atoms with van der Waals surface area (Å²) in [4.78, 5) is 36.6. The predicted octanol–water partition coefficient (Wildman–Crippen LogP) is 1.87. The first-order valence-corrected chi connectivity index (χ1v) is 7.16. The highest BCUT2D eigenvalue weighted by Gasteiger charge is 2.27. The molecule has 0 radical (unpaired) electrons. The number of methoxy groups -OCH3 is 2. The number of nitro groups is 1. The van der Waals surface area contributed by atoms with Gasteiger partial charge in [-0.3, -0.25) is 10.1 Å². The standard InChI is InChI=1S/C14H16N4O8/c1-23-13(19)9-7-11(18(21)22)12(8-10(9)14(20)24-2)26-6-5-25-4-3-16-17-15/h7-8H,3-6H2,1-2H3. The van der Waals surface area contributed by atoms with Crippen molar-refractivity contribution >= 4 is 17.6 Å². The van der Waals surface area contributed by atoms with Gasteiger partial charge in [-0.15, -0.1) is 0 Å². The molecular weight excluding hydrogens is 352 g/mol. The first-order valence-electron chi connectivity index (χ1n) is 7.16. The lowest BCUT2D eigenvalue weighted by atomic mass is 10.1. The summed E-state index contributed by atoms with van der Waals surface area (Å²) in [5, 5.41) is 14.5. The number of rotatable bonds is 10. The van der Waals surface area contributed by atoms with Gasteiger partial charge in [0.1, 0.15) is 6.61 Å². The van der Waals surface area contributed by atoms with Crippen LogP contribution in [-0.4, -0.2) is 57.4 Å². The number of benzene rings is 1. The Bertz CT molecular complexity index is 730. The average molecular weight is 368 g/mol. The lowest BCUT2D eigenvalue weighted by Gasteiger charge is -2.11. The van der Waals surface area contributed by atoms with E-state index in [4.69, 9.17) is 15.0 Å². The fourth-order valence-corrected chi connectivity index (χ4v) is 1.85. The van der Waals surface area contributed by atoms with E-state index >= 15 is 0 Å². The number of esters is 2. The summed E-state index contributed by atoms with van der Waals surface area (Å²) in [6.07, 6.45) is 0. The highest BCUT2D eigenvalue weighted by Crippen LogP contribution is 2.31. The summed E-state index contributed by atoms with van der Waals surface area (Å²) in [5.41, 5.74) is 7.05. The van der Waals surface area contributed by atoms with E-state index in [1.165, 1.54) is 0 Å². The van der Waals surface area contributed by atoms with Crippen molar-refractivity contribution in [3.05, 3.63) is 43.8 Å². The number of nitro benzene ring substituents is 1. The minimum atomic E-state index is -0.929. The van der Waals surface area contributed by atoms with Gasteiger partial charge in [0.2, 0.25) is 0 Å². The minimum absolute atomic E-state index is 0.0599. The van der Waals surface area contributed by atoms with Crippen LogP contribution in [0.15, 0.2) is 17.2 Å². The van der Waals surface area contributed by atoms with Gasteiger partial charge in [-0.1, -0.05) is 5.11 Å². The summed E-state index contributed by atoms with van der Waals surface area (Å²) in [5.74, 6) is -2.04. The molecule has 0 aliphatic heterocycles. The highest BCUT2D eigenvalue weighted by atomic mass is 16.6. The Morgan fingerprint density at radius 2 is 1.77 bits per heavy atom. The molecule has 0 atom stereocenters. The maximum Gasteiger partial charge on any atom is 0.338 e. The van der Waals surface area contributed by atoms with Gasteiger partial charge in [-0.25, -0.2) is 9.59 Å². The first-order chi connectivity index (χ1) is 12.5. The van der Waals surface area contributed by atoms with Crippen molar-refractivity contribution in [2.24, 2.45) is 5.11 Å². The van der Waals surface area contributed by atoms with E-state index in [1.807, 2.05) is 0 Å². The van der Waals surface area contributed by atoms with Crippen molar-refractivity contribution in [1.82, 2.24) is 0 Å². The SMILES string of the molecule is COC(=O)c1cc(OCCOCCN=[N+]=[N-])c([N+](=O)[O-])cc1C(=O)OC. The van der Waals surface area contributed by atoms with Crippen molar-refractivity contribution in [3.8, 4) is 5.75 Å². The Morgan fingerprint density at radius 1 is 1.15 bits per heavy atom. The fraction of sp³-hybridized carbons (Fsp3) is 0.429. The van der Waals surface area contributed by atoms with Crippen LogP contribution in [0.4, 0.5) is 5.69 Å². The van der Waals surface area contributed by atoms with Gasteiger partial charge < -0.3 is 18.9 Å². The predicted molar refractivity (Wildman–Crippen MR) is 86.1 cm³/mol. The molecule has 0 heterocycles. The van der Waals surface area contributed by atoms with Crippen LogP contribution in [0.1, 0.15) is 20.7 Å². The smallest absolute Gasteiger partial charge is 0.338 e. The maximum absolute atomic E-state index is 11.8. The van der Waals surface area contributed by atoms with Crippen LogP contribution in [0, 0.1) is 10.1 Å². The van der Waals surface area contributed by atoms with Crippen molar-refractivity contribution in [2.45, 2.75) is 0 Å². The third-order valence-corrected chi connectivity index (χ3v) is 2.99. The van der Waals surface area contributed by atoms with Crippen molar-refractivity contribution in [1.29, 1.82) is 0 Å². The van der Waals surface area contributed by atoms with Gasteiger partial charge in [0.05, 0.1) is 43.5 Å². The maximum atomic E-state index is 11.8. The van der Waals surface area contributed by atoms with Crippen LogP contribution in [-0.2, 0) is 14.2 Å². The average Bonchev–Trinajstić information content (AvgIpc) is 2.65. The second-order valence-electron chi connectivity index (χ2n) is 4.52. The number of ether oxygens (including phenoxy) is 4. The number of carbonyl (C=O) groups excluding carboxylic acids is 2. The Labute approximate surface area is 147 Å². The highest BCUT2D eigenvalue weighted by molar-refractivity contribution is 6.04. The number of azide groups is 1. The van der Waals surface area contributed by atoms with E-state index in [0.717, 1.165) is 26.4 Å². The van der Waals surface area contributed by atoms with Crippen LogP contribution in [0.5, 0.6) is 5.75 Å². The summed E-state index contributed by atoms with van der Waals surface area (Å²) >= 11 is 0. The molecule has 12 nitrogen and oxygen atoms in total. The second kappa shape index (κ2) is 10.5. The van der Waals surface area contributed by atoms with Crippen LogP contribution < -0.4 is 4.74 Å². The second-order valence-corrected chi connectivity index (χ2v) is 4.52. The number of hydrogen-bond acceptors (Lipinski definition) is 9. The molecule has 1 aromatic carbocycles. The third-order valence-electron chi connectivity index (χ3n) is 2.99. The molecule has 0 saturated heterocycles. The Balaban J connectivity index is 3.01. The molecule has 0 aliphatic rings. The van der Waals surface area contributed by atoms with Crippen LogP contribution >= 0.6 is 0 Å². The van der Waals surface area contributed by atoms with E-state index in [-0.39, 0.29) is 43.2 Å². The van der Waals surface area contributed by atoms with Crippen LogP contribution in [0.2, 0.25) is 0 Å². The topological polar surface area (TPSA) is 163 Å². The summed E-state index contributed by atoms with van der Waals surface area (Å²) < 4.78 is 19.5. The molecule has 1 rings (SSSR count). The van der Waals surface area contributed by atoms with Gasteiger partial charge in [0.15, 0.2) is 5.75 Å². The fourth-order valence-electron chi connectivity index (χ4n) is 1.85. The molecule has 0 spiro atoms. The largest absolute Gasteiger partial charge is 0.484 e. The number of carbonyl (C=O) groups is 2. The molecule has 0 aromatic heterocycles. The molecule has 0 saturated carbocycles. The van der Waals surface area contributed by atoms with Crippen molar-refractivity contribution in [3.63, 3.8) is 0 Å². The third kappa shape index (κ3) is 5.61. The van der Waals surface area contributed by atoms with E-state index in [1.54, 1.807) is 0 Å². The molecule has 0 aliphatic carbocycles.